The molecule has 126 valence electrons. The minimum Gasteiger partial charge on any atom is -0.251 e. The van der Waals surface area contributed by atoms with Crippen LogP contribution >= 0.6 is 11.3 Å². The summed E-state index contributed by atoms with van der Waals surface area (Å²) in [6, 6.07) is 8.99. The zero-order valence-electron chi connectivity index (χ0n) is 12.6. The smallest absolute Gasteiger partial charge is 0.251 e. The molecule has 1 aromatic heterocycles. The van der Waals surface area contributed by atoms with Crippen LogP contribution in [0.5, 0.6) is 0 Å². The number of thiazole rings is 1. The normalized spacial score (nSPS) is 13.1. The maximum Gasteiger partial charge on any atom is 0.516 e. The Labute approximate surface area is 136 Å². The van der Waals surface area contributed by atoms with Crippen LogP contribution in [0.2, 0.25) is 0 Å². The summed E-state index contributed by atoms with van der Waals surface area (Å²) in [5.74, 6) is 0. The average Bonchev–Trinajstić information content (AvgIpc) is 2.81. The summed E-state index contributed by atoms with van der Waals surface area (Å²) in [4.78, 5) is 4.72. The summed E-state index contributed by atoms with van der Waals surface area (Å²) in [5.41, 5.74) is -4.53. The van der Waals surface area contributed by atoms with Crippen molar-refractivity contribution in [1.82, 2.24) is 4.98 Å². The standard InChI is InChI=1S/C14H15F3N2O2S2/c1-13(2,3)11-10(9-7-5-4-6-8-9)22-12(18-11)19-23(20,21)14(15,16)17/h4-8H,1-3H3,(H,18,19). The second kappa shape index (κ2) is 5.79. The highest BCUT2D eigenvalue weighted by atomic mass is 32.2. The molecule has 0 saturated carbocycles. The summed E-state index contributed by atoms with van der Waals surface area (Å²) in [7, 11) is -5.48. The molecule has 0 bridgehead atoms. The van der Waals surface area contributed by atoms with Gasteiger partial charge in [0.05, 0.1) is 10.6 Å². The Morgan fingerprint density at radius 3 is 2.13 bits per heavy atom. The Bertz CT molecular complexity index is 792. The van der Waals surface area contributed by atoms with Crippen LogP contribution in [0.4, 0.5) is 18.3 Å². The maximum absolute atomic E-state index is 12.5. The summed E-state index contributed by atoms with van der Waals surface area (Å²) in [6.07, 6.45) is 0. The van der Waals surface area contributed by atoms with Crippen LogP contribution in [0.15, 0.2) is 30.3 Å². The van der Waals surface area contributed by atoms with Crippen LogP contribution in [0, 0.1) is 0 Å². The molecule has 0 unspecified atom stereocenters. The minimum atomic E-state index is -5.48. The molecule has 0 aliphatic heterocycles. The number of rotatable bonds is 3. The van der Waals surface area contributed by atoms with Crippen molar-refractivity contribution in [3.8, 4) is 10.4 Å². The van der Waals surface area contributed by atoms with Gasteiger partial charge in [-0.1, -0.05) is 62.4 Å². The fourth-order valence-electron chi connectivity index (χ4n) is 1.83. The number of hydrogen-bond acceptors (Lipinski definition) is 4. The van der Waals surface area contributed by atoms with Gasteiger partial charge in [0.1, 0.15) is 0 Å². The summed E-state index contributed by atoms with van der Waals surface area (Å²) >= 11 is 0.881. The first-order valence-electron chi connectivity index (χ1n) is 6.57. The van der Waals surface area contributed by atoms with E-state index in [0.717, 1.165) is 16.9 Å². The number of benzene rings is 1. The van der Waals surface area contributed by atoms with Crippen molar-refractivity contribution in [2.75, 3.05) is 4.72 Å². The van der Waals surface area contributed by atoms with E-state index in [0.29, 0.717) is 10.6 Å². The zero-order valence-corrected chi connectivity index (χ0v) is 14.2. The number of sulfonamides is 1. The number of nitrogens with one attached hydrogen (secondary N) is 1. The topological polar surface area (TPSA) is 59.1 Å². The predicted molar refractivity (Wildman–Crippen MR) is 84.8 cm³/mol. The van der Waals surface area contributed by atoms with Crippen molar-refractivity contribution >= 4 is 26.5 Å². The van der Waals surface area contributed by atoms with Gasteiger partial charge in [-0.3, -0.25) is 4.72 Å². The lowest BCUT2D eigenvalue weighted by atomic mass is 9.90. The molecular weight excluding hydrogens is 349 g/mol. The zero-order chi connectivity index (χ0) is 17.5. The Morgan fingerprint density at radius 1 is 1.09 bits per heavy atom. The number of alkyl halides is 3. The van der Waals surface area contributed by atoms with Gasteiger partial charge < -0.3 is 0 Å². The Kier molecular flexibility index (Phi) is 4.46. The third-order valence-electron chi connectivity index (χ3n) is 2.90. The molecule has 0 saturated heterocycles. The van der Waals surface area contributed by atoms with Crippen LogP contribution in [0.3, 0.4) is 0 Å². The van der Waals surface area contributed by atoms with Crippen molar-refractivity contribution in [2.45, 2.75) is 31.7 Å². The third-order valence-corrected chi connectivity index (χ3v) is 5.12. The number of hydrogen-bond donors (Lipinski definition) is 1. The molecule has 4 nitrogen and oxygen atoms in total. The largest absolute Gasteiger partial charge is 0.516 e. The second-order valence-electron chi connectivity index (χ2n) is 5.86. The van der Waals surface area contributed by atoms with Crippen LogP contribution in [0.1, 0.15) is 26.5 Å². The lowest BCUT2D eigenvalue weighted by Crippen LogP contribution is -2.29. The summed E-state index contributed by atoms with van der Waals surface area (Å²) < 4.78 is 61.6. The lowest BCUT2D eigenvalue weighted by Gasteiger charge is -2.17. The molecule has 0 amide bonds. The molecule has 0 aliphatic rings. The Morgan fingerprint density at radius 2 is 1.65 bits per heavy atom. The van der Waals surface area contributed by atoms with E-state index in [1.165, 1.54) is 4.72 Å². The van der Waals surface area contributed by atoms with Gasteiger partial charge in [-0.15, -0.1) is 0 Å². The predicted octanol–water partition coefficient (Wildman–Crippen LogP) is 4.37. The van der Waals surface area contributed by atoms with Gasteiger partial charge in [-0.2, -0.15) is 21.6 Å². The van der Waals surface area contributed by atoms with Crippen molar-refractivity contribution in [1.29, 1.82) is 0 Å². The molecular formula is C14H15F3N2O2S2. The van der Waals surface area contributed by atoms with Crippen molar-refractivity contribution in [2.24, 2.45) is 0 Å². The molecule has 2 aromatic rings. The SMILES string of the molecule is CC(C)(C)c1nc(NS(=O)(=O)C(F)(F)F)sc1-c1ccccc1. The van der Waals surface area contributed by atoms with E-state index >= 15 is 0 Å². The molecule has 0 atom stereocenters. The van der Waals surface area contributed by atoms with Gasteiger partial charge in [-0.05, 0) is 5.56 Å². The number of aromatic nitrogens is 1. The van der Waals surface area contributed by atoms with Crippen LogP contribution in [-0.2, 0) is 15.4 Å². The van der Waals surface area contributed by atoms with Crippen molar-refractivity contribution < 1.29 is 21.6 Å². The molecule has 9 heteroatoms. The molecule has 0 fully saturated rings. The van der Waals surface area contributed by atoms with E-state index in [4.69, 9.17) is 0 Å². The van der Waals surface area contributed by atoms with E-state index in [1.807, 2.05) is 26.8 Å². The molecule has 23 heavy (non-hydrogen) atoms. The lowest BCUT2D eigenvalue weighted by molar-refractivity contribution is -0.0429. The van der Waals surface area contributed by atoms with Crippen molar-refractivity contribution in [3.63, 3.8) is 0 Å². The van der Waals surface area contributed by atoms with E-state index in [-0.39, 0.29) is 5.13 Å². The first-order valence-corrected chi connectivity index (χ1v) is 8.87. The number of halogens is 3. The number of nitrogens with zero attached hydrogens (tertiary/aromatic N) is 1. The van der Waals surface area contributed by atoms with Gasteiger partial charge >= 0.3 is 15.5 Å². The molecule has 0 radical (unpaired) electrons. The van der Waals surface area contributed by atoms with E-state index in [1.54, 1.807) is 24.3 Å². The molecule has 0 spiro atoms. The van der Waals surface area contributed by atoms with Crippen molar-refractivity contribution in [3.05, 3.63) is 36.0 Å². The summed E-state index contributed by atoms with van der Waals surface area (Å²) in [5, 5.41) is -0.300. The molecule has 1 heterocycles. The van der Waals surface area contributed by atoms with Crippen LogP contribution in [-0.4, -0.2) is 18.9 Å². The highest BCUT2D eigenvalue weighted by Crippen LogP contribution is 2.40. The third kappa shape index (κ3) is 3.84. The van der Waals surface area contributed by atoms with E-state index in [9.17, 15) is 21.6 Å². The van der Waals surface area contributed by atoms with E-state index in [2.05, 4.69) is 4.98 Å². The van der Waals surface area contributed by atoms with Crippen LogP contribution in [0.25, 0.3) is 10.4 Å². The maximum atomic E-state index is 12.5. The average molecular weight is 364 g/mol. The van der Waals surface area contributed by atoms with Gasteiger partial charge in [-0.25, -0.2) is 4.98 Å². The fraction of sp³-hybridized carbons (Fsp3) is 0.357. The molecule has 2 rings (SSSR count). The Balaban J connectivity index is 2.52. The monoisotopic (exact) mass is 364 g/mol. The highest BCUT2D eigenvalue weighted by molar-refractivity contribution is 7.93. The second-order valence-corrected chi connectivity index (χ2v) is 8.54. The van der Waals surface area contributed by atoms with E-state index < -0.39 is 20.9 Å². The minimum absolute atomic E-state index is 0.300. The van der Waals surface area contributed by atoms with Crippen LogP contribution < -0.4 is 4.72 Å². The van der Waals surface area contributed by atoms with Gasteiger partial charge in [0.2, 0.25) is 0 Å². The fourth-order valence-corrected chi connectivity index (χ4v) is 3.75. The highest BCUT2D eigenvalue weighted by Gasteiger charge is 2.46. The van der Waals surface area contributed by atoms with Gasteiger partial charge in [0.25, 0.3) is 0 Å². The molecule has 0 aliphatic carbocycles. The molecule has 1 N–H and O–H groups in total. The first-order chi connectivity index (χ1) is 10.4. The van der Waals surface area contributed by atoms with Gasteiger partial charge in [0.15, 0.2) is 5.13 Å². The molecule has 1 aromatic carbocycles. The quantitative estimate of drug-likeness (QED) is 0.880. The Hall–Kier alpha value is -1.61. The number of anilines is 1. The summed E-state index contributed by atoms with van der Waals surface area (Å²) in [6.45, 7) is 5.57. The van der Waals surface area contributed by atoms with Gasteiger partial charge in [0, 0.05) is 5.41 Å². The first kappa shape index (κ1) is 17.7.